The van der Waals surface area contributed by atoms with Gasteiger partial charge in [0.15, 0.2) is 0 Å². The molecular weight excluding hydrogens is 161 g/mol. The molecule has 0 aliphatic rings. The van der Waals surface area contributed by atoms with Gasteiger partial charge in [-0.2, -0.15) is 0 Å². The number of hydrogen-bond acceptors (Lipinski definition) is 3. The number of nitrogens with zero attached hydrogens (tertiary/aromatic N) is 1. The minimum Gasteiger partial charge on any atom is -0.476 e. The van der Waals surface area contributed by atoms with Crippen LogP contribution < -0.4 is 0 Å². The molecule has 0 saturated carbocycles. The predicted octanol–water partition coefficient (Wildman–Crippen LogP) is 0.769. The van der Waals surface area contributed by atoms with Gasteiger partial charge >= 0.3 is 5.97 Å². The molecule has 0 aliphatic heterocycles. The smallest absolute Gasteiger partial charge is 0.365 e. The number of aryl methyl sites for hydroxylation is 1. The van der Waals surface area contributed by atoms with Crippen molar-refractivity contribution in [2.24, 2.45) is 0 Å². The SMILES string of the molecule is Cc1cnc(C(=O)O)s1.[Na]. The number of rotatable bonds is 1. The molecule has 0 aromatic carbocycles. The van der Waals surface area contributed by atoms with E-state index in [0.29, 0.717) is 0 Å². The Bertz CT molecular complexity index is 235. The summed E-state index contributed by atoms with van der Waals surface area (Å²) < 4.78 is 0. The summed E-state index contributed by atoms with van der Waals surface area (Å²) in [4.78, 5) is 14.7. The Morgan fingerprint density at radius 2 is 2.40 bits per heavy atom. The van der Waals surface area contributed by atoms with Gasteiger partial charge in [0, 0.05) is 40.6 Å². The van der Waals surface area contributed by atoms with Gasteiger partial charge in [-0.3, -0.25) is 0 Å². The molecule has 1 rings (SSSR count). The summed E-state index contributed by atoms with van der Waals surface area (Å²) in [5.41, 5.74) is 0. The molecule has 3 nitrogen and oxygen atoms in total. The molecule has 0 amide bonds. The molecule has 1 aromatic rings. The van der Waals surface area contributed by atoms with Crippen molar-refractivity contribution in [2.45, 2.75) is 6.92 Å². The molecule has 0 unspecified atom stereocenters. The van der Waals surface area contributed by atoms with Crippen molar-refractivity contribution in [1.82, 2.24) is 4.98 Å². The van der Waals surface area contributed by atoms with Crippen LogP contribution in [0.4, 0.5) is 0 Å². The molecule has 10 heavy (non-hydrogen) atoms. The molecule has 1 radical (unpaired) electrons. The van der Waals surface area contributed by atoms with Crippen LogP contribution in [0, 0.1) is 6.92 Å². The zero-order valence-electron chi connectivity index (χ0n) is 5.79. The Balaban J connectivity index is 0.000000810. The first-order valence-corrected chi connectivity index (χ1v) is 3.17. The molecule has 5 heteroatoms. The second kappa shape index (κ2) is 4.08. The van der Waals surface area contributed by atoms with Crippen molar-refractivity contribution >= 4 is 46.9 Å². The first-order valence-electron chi connectivity index (χ1n) is 2.36. The van der Waals surface area contributed by atoms with Crippen LogP contribution in [-0.2, 0) is 0 Å². The van der Waals surface area contributed by atoms with Crippen LogP contribution in [0.25, 0.3) is 0 Å². The normalized spacial score (nSPS) is 8.50. The van der Waals surface area contributed by atoms with Crippen molar-refractivity contribution in [1.29, 1.82) is 0 Å². The maximum atomic E-state index is 10.2. The van der Waals surface area contributed by atoms with Gasteiger partial charge < -0.3 is 5.11 Å². The zero-order valence-corrected chi connectivity index (χ0v) is 8.60. The zero-order chi connectivity index (χ0) is 6.85. The van der Waals surface area contributed by atoms with Crippen molar-refractivity contribution < 1.29 is 9.90 Å². The molecule has 1 N–H and O–H groups in total. The molecule has 1 heterocycles. The molecule has 0 bridgehead atoms. The fourth-order valence-electron chi connectivity index (χ4n) is 0.454. The van der Waals surface area contributed by atoms with Gasteiger partial charge in [0.2, 0.25) is 5.01 Å². The summed E-state index contributed by atoms with van der Waals surface area (Å²) in [5, 5.41) is 8.51. The van der Waals surface area contributed by atoms with Crippen molar-refractivity contribution in [3.05, 3.63) is 16.1 Å². The predicted molar refractivity (Wildman–Crippen MR) is 39.6 cm³/mol. The third-order valence-corrected chi connectivity index (χ3v) is 1.70. The van der Waals surface area contributed by atoms with Gasteiger partial charge in [0.05, 0.1) is 0 Å². The second-order valence-electron chi connectivity index (χ2n) is 1.58. The summed E-state index contributed by atoms with van der Waals surface area (Å²) >= 11 is 1.19. The Labute approximate surface area is 84.4 Å². The largest absolute Gasteiger partial charge is 0.476 e. The van der Waals surface area contributed by atoms with Gasteiger partial charge in [-0.05, 0) is 6.92 Å². The molecular formula is C5H5NNaO2S. The maximum Gasteiger partial charge on any atom is 0.365 e. The first kappa shape index (κ1) is 10.1. The first-order chi connectivity index (χ1) is 4.20. The van der Waals surface area contributed by atoms with Crippen LogP contribution in [0.3, 0.4) is 0 Å². The minimum absolute atomic E-state index is 0. The Hall–Kier alpha value is 0.1000. The van der Waals surface area contributed by atoms with Gasteiger partial charge in [0.1, 0.15) is 0 Å². The third kappa shape index (κ3) is 2.38. The van der Waals surface area contributed by atoms with Gasteiger partial charge in [0.25, 0.3) is 0 Å². The Kier molecular flexibility index (Phi) is 4.12. The Morgan fingerprint density at radius 1 is 1.80 bits per heavy atom. The molecule has 0 spiro atoms. The van der Waals surface area contributed by atoms with Crippen LogP contribution in [0.15, 0.2) is 6.20 Å². The van der Waals surface area contributed by atoms with E-state index in [1.165, 1.54) is 11.3 Å². The summed E-state index contributed by atoms with van der Waals surface area (Å²) in [6.07, 6.45) is 1.55. The minimum atomic E-state index is -0.951. The molecule has 0 saturated heterocycles. The number of thiazole rings is 1. The second-order valence-corrected chi connectivity index (χ2v) is 2.82. The van der Waals surface area contributed by atoms with Crippen molar-refractivity contribution in [3.8, 4) is 0 Å². The summed E-state index contributed by atoms with van der Waals surface area (Å²) in [6, 6.07) is 0. The number of hydrogen-bond donors (Lipinski definition) is 1. The topological polar surface area (TPSA) is 50.2 Å². The van der Waals surface area contributed by atoms with E-state index in [0.717, 1.165) is 4.88 Å². The maximum absolute atomic E-state index is 10.2. The monoisotopic (exact) mass is 166 g/mol. The van der Waals surface area contributed by atoms with Gasteiger partial charge in [-0.1, -0.05) is 0 Å². The standard InChI is InChI=1S/C5H5NO2S.Na/c1-3-2-6-4(9-3)5(7)8;/h2H,1H3,(H,7,8);. The van der Waals surface area contributed by atoms with E-state index in [1.54, 1.807) is 6.20 Å². The van der Waals surface area contributed by atoms with Crippen LogP contribution in [0.2, 0.25) is 0 Å². The van der Waals surface area contributed by atoms with Crippen LogP contribution >= 0.6 is 11.3 Å². The average molecular weight is 166 g/mol. The van der Waals surface area contributed by atoms with Gasteiger partial charge in [-0.15, -0.1) is 11.3 Å². The Morgan fingerprint density at radius 3 is 2.60 bits per heavy atom. The fraction of sp³-hybridized carbons (Fsp3) is 0.200. The fourth-order valence-corrected chi connectivity index (χ4v) is 1.06. The molecule has 0 fully saturated rings. The van der Waals surface area contributed by atoms with Crippen LogP contribution in [0.1, 0.15) is 14.7 Å². The van der Waals surface area contributed by atoms with E-state index >= 15 is 0 Å². The number of carbonyl (C=O) groups is 1. The summed E-state index contributed by atoms with van der Waals surface area (Å²) in [7, 11) is 0. The number of aromatic carboxylic acids is 1. The summed E-state index contributed by atoms with van der Waals surface area (Å²) in [5.74, 6) is -0.951. The number of carboxylic acids is 1. The van der Waals surface area contributed by atoms with E-state index in [4.69, 9.17) is 5.11 Å². The van der Waals surface area contributed by atoms with E-state index in [1.807, 2.05) is 6.92 Å². The number of carboxylic acid groups (broad SMARTS) is 1. The van der Waals surface area contributed by atoms with E-state index in [2.05, 4.69) is 4.98 Å². The third-order valence-electron chi connectivity index (χ3n) is 0.804. The number of aromatic nitrogens is 1. The molecule has 0 atom stereocenters. The molecule has 49 valence electrons. The summed E-state index contributed by atoms with van der Waals surface area (Å²) in [6.45, 7) is 1.82. The van der Waals surface area contributed by atoms with Gasteiger partial charge in [-0.25, -0.2) is 9.78 Å². The van der Waals surface area contributed by atoms with Crippen LogP contribution in [0.5, 0.6) is 0 Å². The van der Waals surface area contributed by atoms with E-state index in [-0.39, 0.29) is 34.6 Å². The van der Waals surface area contributed by atoms with E-state index < -0.39 is 5.97 Å². The van der Waals surface area contributed by atoms with Crippen molar-refractivity contribution in [2.75, 3.05) is 0 Å². The molecule has 1 aromatic heterocycles. The van der Waals surface area contributed by atoms with Crippen molar-refractivity contribution in [3.63, 3.8) is 0 Å². The molecule has 0 aliphatic carbocycles. The van der Waals surface area contributed by atoms with Crippen LogP contribution in [-0.4, -0.2) is 45.6 Å². The average Bonchev–Trinajstić information content (AvgIpc) is 2.14. The quantitative estimate of drug-likeness (QED) is 0.627. The van der Waals surface area contributed by atoms with E-state index in [9.17, 15) is 4.79 Å².